The highest BCUT2D eigenvalue weighted by molar-refractivity contribution is 5.09. The maximum Gasteiger partial charge on any atom is 0.170 e. The van der Waals surface area contributed by atoms with Crippen LogP contribution < -0.4 is 5.73 Å². The van der Waals surface area contributed by atoms with Crippen molar-refractivity contribution < 1.29 is 0 Å². The second-order valence-electron chi connectivity index (χ2n) is 3.53. The summed E-state index contributed by atoms with van der Waals surface area (Å²) in [4.78, 5) is 4.25. The van der Waals surface area contributed by atoms with Crippen LogP contribution in [0.3, 0.4) is 0 Å². The molecule has 4 heteroatoms. The fraction of sp³-hybridized carbons (Fsp3) is 0.625. The number of hydrogen-bond donors (Lipinski definition) is 1. The number of rotatable bonds is 1. The van der Waals surface area contributed by atoms with E-state index in [0.717, 1.165) is 11.4 Å². The Balaban J connectivity index is 3.14. The molecule has 1 heterocycles. The molecule has 1 aromatic rings. The molecule has 1 aromatic heterocycles. The first kappa shape index (κ1) is 9.06. The molecule has 0 atom stereocenters. The van der Waals surface area contributed by atoms with Crippen molar-refractivity contribution in [2.24, 2.45) is 5.73 Å². The average molecular weight is 166 g/mol. The normalized spacial score (nSPS) is 11.8. The predicted octanol–water partition coefficient (Wildman–Crippen LogP) is 0.682. The number of aromatic nitrogens is 3. The highest BCUT2D eigenvalue weighted by Gasteiger charge is 2.18. The highest BCUT2D eigenvalue weighted by atomic mass is 15.2. The van der Waals surface area contributed by atoms with E-state index >= 15 is 0 Å². The van der Waals surface area contributed by atoms with Gasteiger partial charge in [-0.15, -0.1) is 5.10 Å². The summed E-state index contributed by atoms with van der Waals surface area (Å²) in [6.45, 7) is 7.50. The van der Waals surface area contributed by atoms with Gasteiger partial charge in [0.2, 0.25) is 0 Å². The third-order valence-electron chi connectivity index (χ3n) is 1.67. The van der Waals surface area contributed by atoms with Crippen LogP contribution in [0, 0.1) is 13.8 Å². The van der Waals surface area contributed by atoms with E-state index in [4.69, 9.17) is 5.73 Å². The van der Waals surface area contributed by atoms with Crippen LogP contribution in [0.4, 0.5) is 0 Å². The van der Waals surface area contributed by atoms with Gasteiger partial charge in [-0.05, 0) is 27.7 Å². The van der Waals surface area contributed by atoms with Gasteiger partial charge in [-0.1, -0.05) is 0 Å². The van der Waals surface area contributed by atoms with Gasteiger partial charge in [0.25, 0.3) is 0 Å². The summed E-state index contributed by atoms with van der Waals surface area (Å²) >= 11 is 0. The van der Waals surface area contributed by atoms with Crippen molar-refractivity contribution in [1.29, 1.82) is 0 Å². The molecule has 0 aliphatic rings. The smallest absolute Gasteiger partial charge is 0.170 e. The molecule has 0 saturated carbocycles. The van der Waals surface area contributed by atoms with Crippen molar-refractivity contribution in [3.63, 3.8) is 0 Å². The zero-order valence-corrected chi connectivity index (χ0v) is 7.92. The van der Waals surface area contributed by atoms with E-state index in [1.54, 1.807) is 0 Å². The topological polar surface area (TPSA) is 64.7 Å². The Morgan fingerprint density at radius 2 is 1.67 bits per heavy atom. The maximum absolute atomic E-state index is 5.81. The van der Waals surface area contributed by atoms with Gasteiger partial charge in [0.15, 0.2) is 5.82 Å². The van der Waals surface area contributed by atoms with Crippen LogP contribution in [0.15, 0.2) is 0 Å². The van der Waals surface area contributed by atoms with Gasteiger partial charge < -0.3 is 5.73 Å². The van der Waals surface area contributed by atoms with Crippen molar-refractivity contribution in [1.82, 2.24) is 15.2 Å². The first-order chi connectivity index (χ1) is 5.41. The summed E-state index contributed by atoms with van der Waals surface area (Å²) in [7, 11) is 0. The van der Waals surface area contributed by atoms with E-state index in [0.29, 0.717) is 5.82 Å². The summed E-state index contributed by atoms with van der Waals surface area (Å²) in [6.07, 6.45) is 0. The molecule has 4 nitrogen and oxygen atoms in total. The largest absolute Gasteiger partial charge is 0.319 e. The van der Waals surface area contributed by atoms with Gasteiger partial charge in [0.1, 0.15) is 0 Å². The Kier molecular flexibility index (Phi) is 2.10. The second-order valence-corrected chi connectivity index (χ2v) is 3.53. The van der Waals surface area contributed by atoms with Crippen LogP contribution in [0.1, 0.15) is 31.1 Å². The lowest BCUT2D eigenvalue weighted by atomic mass is 10.1. The van der Waals surface area contributed by atoms with E-state index in [1.807, 2.05) is 27.7 Å². The summed E-state index contributed by atoms with van der Waals surface area (Å²) < 4.78 is 0. The van der Waals surface area contributed by atoms with Crippen molar-refractivity contribution >= 4 is 0 Å². The fourth-order valence-electron chi connectivity index (χ4n) is 0.730. The number of nitrogens with two attached hydrogens (primary N) is 1. The standard InChI is InChI=1S/C8H14N4/c1-5-6(2)11-12-7(10-5)8(3,4)9/h9H2,1-4H3. The molecule has 0 amide bonds. The summed E-state index contributed by atoms with van der Waals surface area (Å²) in [5, 5.41) is 7.88. The predicted molar refractivity (Wildman–Crippen MR) is 46.5 cm³/mol. The van der Waals surface area contributed by atoms with Crippen LogP contribution in [0.5, 0.6) is 0 Å². The lowest BCUT2D eigenvalue weighted by Crippen LogP contribution is -2.32. The lowest BCUT2D eigenvalue weighted by Gasteiger charge is -2.15. The third kappa shape index (κ3) is 1.76. The monoisotopic (exact) mass is 166 g/mol. The molecule has 1 rings (SSSR count). The Morgan fingerprint density at radius 1 is 1.08 bits per heavy atom. The number of aryl methyl sites for hydroxylation is 2. The molecule has 0 unspecified atom stereocenters. The molecule has 0 aliphatic heterocycles. The van der Waals surface area contributed by atoms with Crippen molar-refractivity contribution in [2.45, 2.75) is 33.2 Å². The highest BCUT2D eigenvalue weighted by Crippen LogP contribution is 2.11. The molecule has 0 radical (unpaired) electrons. The summed E-state index contributed by atoms with van der Waals surface area (Å²) in [5.74, 6) is 0.589. The first-order valence-corrected chi connectivity index (χ1v) is 3.88. The maximum atomic E-state index is 5.81. The minimum absolute atomic E-state index is 0.508. The lowest BCUT2D eigenvalue weighted by molar-refractivity contribution is 0.499. The zero-order valence-electron chi connectivity index (χ0n) is 7.92. The van der Waals surface area contributed by atoms with Crippen molar-refractivity contribution in [2.75, 3.05) is 0 Å². The van der Waals surface area contributed by atoms with Crippen LogP contribution in [0.25, 0.3) is 0 Å². The van der Waals surface area contributed by atoms with Gasteiger partial charge in [0, 0.05) is 0 Å². The van der Waals surface area contributed by atoms with Crippen molar-refractivity contribution in [3.8, 4) is 0 Å². The van der Waals surface area contributed by atoms with E-state index in [2.05, 4.69) is 15.2 Å². The molecule has 0 aliphatic carbocycles. The van der Waals surface area contributed by atoms with Gasteiger partial charge >= 0.3 is 0 Å². The molecule has 12 heavy (non-hydrogen) atoms. The van der Waals surface area contributed by atoms with Gasteiger partial charge in [-0.3, -0.25) is 0 Å². The van der Waals surface area contributed by atoms with Gasteiger partial charge in [-0.2, -0.15) is 5.10 Å². The molecule has 0 fully saturated rings. The minimum atomic E-state index is -0.508. The molecular formula is C8H14N4. The van der Waals surface area contributed by atoms with E-state index in [-0.39, 0.29) is 0 Å². The zero-order chi connectivity index (χ0) is 9.35. The second kappa shape index (κ2) is 2.79. The van der Waals surface area contributed by atoms with Crippen molar-refractivity contribution in [3.05, 3.63) is 17.2 Å². The minimum Gasteiger partial charge on any atom is -0.319 e. The quantitative estimate of drug-likeness (QED) is 0.666. The molecule has 0 spiro atoms. The van der Waals surface area contributed by atoms with E-state index < -0.39 is 5.54 Å². The SMILES string of the molecule is Cc1nnc(C(C)(C)N)nc1C. The van der Waals surface area contributed by atoms with Crippen LogP contribution >= 0.6 is 0 Å². The summed E-state index contributed by atoms with van der Waals surface area (Å²) in [6, 6.07) is 0. The number of nitrogens with zero attached hydrogens (tertiary/aromatic N) is 3. The Bertz CT molecular complexity index is 288. The average Bonchev–Trinajstić information content (AvgIpc) is 1.92. The molecular weight excluding hydrogens is 152 g/mol. The number of hydrogen-bond acceptors (Lipinski definition) is 4. The third-order valence-corrected chi connectivity index (χ3v) is 1.67. The molecule has 2 N–H and O–H groups in total. The van der Waals surface area contributed by atoms with Crippen LogP contribution in [-0.4, -0.2) is 15.2 Å². The van der Waals surface area contributed by atoms with Crippen LogP contribution in [-0.2, 0) is 5.54 Å². The van der Waals surface area contributed by atoms with E-state index in [1.165, 1.54) is 0 Å². The molecule has 66 valence electrons. The Morgan fingerprint density at radius 3 is 2.08 bits per heavy atom. The molecule has 0 aromatic carbocycles. The first-order valence-electron chi connectivity index (χ1n) is 3.88. The van der Waals surface area contributed by atoms with Crippen LogP contribution in [0.2, 0.25) is 0 Å². The van der Waals surface area contributed by atoms with E-state index in [9.17, 15) is 0 Å². The Labute approximate surface area is 72.2 Å². The fourth-order valence-corrected chi connectivity index (χ4v) is 0.730. The molecule has 0 saturated heterocycles. The van der Waals surface area contributed by atoms with Gasteiger partial charge in [0.05, 0.1) is 16.9 Å². The Hall–Kier alpha value is -1.03. The van der Waals surface area contributed by atoms with Gasteiger partial charge in [-0.25, -0.2) is 4.98 Å². The molecule has 0 bridgehead atoms. The summed E-state index contributed by atoms with van der Waals surface area (Å²) in [5.41, 5.74) is 7.04.